The fourth-order valence-electron chi connectivity index (χ4n) is 4.27. The first-order valence-corrected chi connectivity index (χ1v) is 12.6. The number of nitrogens with zero attached hydrogens (tertiary/aromatic N) is 4. The van der Waals surface area contributed by atoms with Crippen molar-refractivity contribution >= 4 is 34.1 Å². The van der Waals surface area contributed by atoms with E-state index in [-0.39, 0.29) is 24.5 Å². The zero-order valence-corrected chi connectivity index (χ0v) is 21.4. The number of nitrogens with one attached hydrogen (secondary N) is 2. The lowest BCUT2D eigenvalue weighted by Crippen LogP contribution is -2.54. The second kappa shape index (κ2) is 10.3. The first-order valence-electron chi connectivity index (χ1n) is 11.8. The van der Waals surface area contributed by atoms with Crippen LogP contribution in [-0.4, -0.2) is 44.0 Å². The van der Waals surface area contributed by atoms with Gasteiger partial charge in [-0.05, 0) is 75.8 Å². The van der Waals surface area contributed by atoms with Crippen molar-refractivity contribution in [2.24, 2.45) is 5.73 Å². The number of aryl methyl sites for hydroxylation is 1. The van der Waals surface area contributed by atoms with Crippen LogP contribution in [0.4, 0.5) is 16.6 Å². The molecule has 2 aromatic heterocycles. The van der Waals surface area contributed by atoms with Gasteiger partial charge in [-0.15, -0.1) is 0 Å². The van der Waals surface area contributed by atoms with Crippen LogP contribution >= 0.6 is 11.5 Å². The van der Waals surface area contributed by atoms with Crippen molar-refractivity contribution in [2.45, 2.75) is 64.8 Å². The summed E-state index contributed by atoms with van der Waals surface area (Å²) in [5.74, 6) is 1.24. The minimum atomic E-state index is -0.944. The first-order chi connectivity index (χ1) is 16.7. The molecular weight excluding hydrogens is 462 g/mol. The molecule has 1 amide bonds. The van der Waals surface area contributed by atoms with Crippen molar-refractivity contribution in [3.63, 3.8) is 0 Å². The van der Waals surface area contributed by atoms with E-state index in [9.17, 15) is 9.90 Å². The van der Waals surface area contributed by atoms with Gasteiger partial charge in [0.2, 0.25) is 0 Å². The van der Waals surface area contributed by atoms with Gasteiger partial charge in [-0.1, -0.05) is 12.1 Å². The fourth-order valence-corrected chi connectivity index (χ4v) is 4.93. The molecule has 2 atom stereocenters. The van der Waals surface area contributed by atoms with Crippen molar-refractivity contribution < 1.29 is 9.90 Å². The van der Waals surface area contributed by atoms with E-state index in [4.69, 9.17) is 10.7 Å². The number of piperidine rings is 1. The van der Waals surface area contributed by atoms with Gasteiger partial charge in [0.05, 0.1) is 23.2 Å². The van der Waals surface area contributed by atoms with Gasteiger partial charge in [-0.2, -0.15) is 4.37 Å². The summed E-state index contributed by atoms with van der Waals surface area (Å²) in [6.07, 6.45) is 3.55. The molecule has 3 heterocycles. The van der Waals surface area contributed by atoms with Gasteiger partial charge in [0.1, 0.15) is 10.8 Å². The molecule has 5 N–H and O–H groups in total. The van der Waals surface area contributed by atoms with Crippen molar-refractivity contribution in [1.82, 2.24) is 19.7 Å². The van der Waals surface area contributed by atoms with Crippen LogP contribution in [0.15, 0.2) is 36.5 Å². The predicted octanol–water partition coefficient (Wildman–Crippen LogP) is 3.46. The monoisotopic (exact) mass is 495 g/mol. The number of carbonyl (C=O) groups is 1. The molecule has 0 unspecified atom stereocenters. The Hall–Kier alpha value is -3.08. The number of aliphatic hydroxyl groups is 1. The Kier molecular flexibility index (Phi) is 7.34. The Morgan fingerprint density at radius 2 is 2.06 bits per heavy atom. The fraction of sp³-hybridized carbons (Fsp3) is 0.440. The highest BCUT2D eigenvalue weighted by molar-refractivity contribution is 7.10. The van der Waals surface area contributed by atoms with Crippen LogP contribution in [0.3, 0.4) is 0 Å². The normalized spacial score (nSPS) is 18.4. The number of aromatic nitrogens is 3. The number of hydrogen-bond donors (Lipinski definition) is 4. The summed E-state index contributed by atoms with van der Waals surface area (Å²) in [5, 5.41) is 17.5. The molecule has 35 heavy (non-hydrogen) atoms. The molecular formula is C25H33N7O2S. The summed E-state index contributed by atoms with van der Waals surface area (Å²) >= 11 is 1.37. The standard InChI is InChI=1S/C25H33N7O2S/c1-15-12-22(35-31-15)30-23-20(13-26)27-14-21(29-23)32-11-5-6-19(16(32)2)28-24(33)17-7-9-18(10-8-17)25(3,4)34/h7-10,12,14,16,19,34H,5-6,11,13,26H2,1-4H3,(H,28,33)(H,29,30)/t16-,19-/m1/s1. The van der Waals surface area contributed by atoms with Crippen LogP contribution < -0.4 is 21.3 Å². The smallest absolute Gasteiger partial charge is 0.251 e. The molecule has 0 saturated carbocycles. The highest BCUT2D eigenvalue weighted by Gasteiger charge is 2.31. The average molecular weight is 496 g/mol. The Morgan fingerprint density at radius 1 is 1.31 bits per heavy atom. The minimum Gasteiger partial charge on any atom is -0.386 e. The Labute approximate surface area is 210 Å². The number of carbonyl (C=O) groups excluding carboxylic acids is 1. The summed E-state index contributed by atoms with van der Waals surface area (Å²) in [4.78, 5) is 24.5. The lowest BCUT2D eigenvalue weighted by molar-refractivity contribution is 0.0783. The van der Waals surface area contributed by atoms with Gasteiger partial charge in [0, 0.05) is 30.7 Å². The molecule has 1 aromatic carbocycles. The summed E-state index contributed by atoms with van der Waals surface area (Å²) < 4.78 is 4.31. The van der Waals surface area contributed by atoms with Crippen LogP contribution in [0.1, 0.15) is 60.9 Å². The zero-order chi connectivity index (χ0) is 25.2. The SMILES string of the molecule is Cc1cc(Nc2nc(N3CCC[C@@H](NC(=O)c4ccc(C(C)(C)O)cc4)[C@H]3C)cnc2CN)sn1. The number of hydrogen-bond acceptors (Lipinski definition) is 9. The third-order valence-corrected chi connectivity index (χ3v) is 7.15. The number of rotatable bonds is 7. The van der Waals surface area contributed by atoms with Gasteiger partial charge >= 0.3 is 0 Å². The van der Waals surface area contributed by atoms with Crippen molar-refractivity contribution in [2.75, 3.05) is 16.8 Å². The first kappa shape index (κ1) is 25.0. The number of anilines is 3. The molecule has 0 aliphatic carbocycles. The maximum Gasteiger partial charge on any atom is 0.251 e. The Bertz CT molecular complexity index is 1170. The third-order valence-electron chi connectivity index (χ3n) is 6.35. The van der Waals surface area contributed by atoms with Gasteiger partial charge < -0.3 is 26.4 Å². The summed E-state index contributed by atoms with van der Waals surface area (Å²) in [6.45, 7) is 8.58. The highest BCUT2D eigenvalue weighted by Crippen LogP contribution is 2.28. The van der Waals surface area contributed by atoms with Crippen molar-refractivity contribution in [3.05, 3.63) is 59.0 Å². The molecule has 1 fully saturated rings. The van der Waals surface area contributed by atoms with E-state index < -0.39 is 5.60 Å². The topological polar surface area (TPSA) is 129 Å². The van der Waals surface area contributed by atoms with Crippen LogP contribution in [-0.2, 0) is 12.1 Å². The van der Waals surface area contributed by atoms with E-state index in [0.717, 1.165) is 41.5 Å². The lowest BCUT2D eigenvalue weighted by atomic mass is 9.95. The molecule has 4 rings (SSSR count). The molecule has 1 aliphatic rings. The van der Waals surface area contributed by atoms with Gasteiger partial charge in [0.15, 0.2) is 5.82 Å². The predicted molar refractivity (Wildman–Crippen MR) is 139 cm³/mol. The average Bonchev–Trinajstić information content (AvgIpc) is 3.24. The third kappa shape index (κ3) is 5.77. The molecule has 10 heteroatoms. The summed E-state index contributed by atoms with van der Waals surface area (Å²) in [7, 11) is 0. The number of nitrogens with two attached hydrogens (primary N) is 1. The van der Waals surface area contributed by atoms with Gasteiger partial charge in [-0.3, -0.25) is 9.78 Å². The van der Waals surface area contributed by atoms with Crippen LogP contribution in [0.25, 0.3) is 0 Å². The molecule has 0 radical (unpaired) electrons. The maximum atomic E-state index is 13.0. The largest absolute Gasteiger partial charge is 0.386 e. The maximum absolute atomic E-state index is 13.0. The van der Waals surface area contributed by atoms with E-state index in [1.165, 1.54) is 11.5 Å². The lowest BCUT2D eigenvalue weighted by Gasteiger charge is -2.40. The van der Waals surface area contributed by atoms with Gasteiger partial charge in [0.25, 0.3) is 5.91 Å². The van der Waals surface area contributed by atoms with Crippen LogP contribution in [0, 0.1) is 6.92 Å². The Morgan fingerprint density at radius 3 is 2.69 bits per heavy atom. The van der Waals surface area contributed by atoms with E-state index in [0.29, 0.717) is 17.1 Å². The van der Waals surface area contributed by atoms with E-state index >= 15 is 0 Å². The summed E-state index contributed by atoms with van der Waals surface area (Å²) in [5.41, 5.74) is 7.92. The van der Waals surface area contributed by atoms with E-state index in [1.54, 1.807) is 44.3 Å². The molecule has 1 aliphatic heterocycles. The minimum absolute atomic E-state index is 0.0277. The van der Waals surface area contributed by atoms with Crippen molar-refractivity contribution in [3.8, 4) is 0 Å². The molecule has 0 spiro atoms. The number of amides is 1. The molecule has 186 valence electrons. The molecule has 3 aromatic rings. The number of benzene rings is 1. The van der Waals surface area contributed by atoms with Crippen LogP contribution in [0.5, 0.6) is 0 Å². The zero-order valence-electron chi connectivity index (χ0n) is 20.6. The second-order valence-electron chi connectivity index (χ2n) is 9.48. The Balaban J connectivity index is 1.49. The molecule has 0 bridgehead atoms. The highest BCUT2D eigenvalue weighted by atomic mass is 32.1. The summed E-state index contributed by atoms with van der Waals surface area (Å²) in [6, 6.07) is 9.04. The molecule has 1 saturated heterocycles. The van der Waals surface area contributed by atoms with E-state index in [1.807, 2.05) is 13.0 Å². The quantitative estimate of drug-likeness (QED) is 0.392. The van der Waals surface area contributed by atoms with Crippen LogP contribution in [0.2, 0.25) is 0 Å². The molecule has 9 nitrogen and oxygen atoms in total. The van der Waals surface area contributed by atoms with Crippen molar-refractivity contribution in [1.29, 1.82) is 0 Å². The van der Waals surface area contributed by atoms with Gasteiger partial charge in [-0.25, -0.2) is 4.98 Å². The second-order valence-corrected chi connectivity index (χ2v) is 10.3. The van der Waals surface area contributed by atoms with E-state index in [2.05, 4.69) is 31.8 Å².